The van der Waals surface area contributed by atoms with Crippen LogP contribution in [0.5, 0.6) is 0 Å². The van der Waals surface area contributed by atoms with Crippen molar-refractivity contribution in [3.63, 3.8) is 0 Å². The molecule has 2 atom stereocenters. The minimum Gasteiger partial charge on any atom is -0.391 e. The fraction of sp³-hybridized carbons (Fsp3) is 0.500. The number of aliphatic hydroxyl groups is 1. The van der Waals surface area contributed by atoms with Gasteiger partial charge in [-0.15, -0.1) is 0 Å². The minimum absolute atomic E-state index is 0.142. The Hall–Kier alpha value is -1.59. The van der Waals surface area contributed by atoms with E-state index < -0.39 is 0 Å². The monoisotopic (exact) mass is 263 g/mol. The van der Waals surface area contributed by atoms with Crippen molar-refractivity contribution in [3.05, 3.63) is 35.9 Å². The molecule has 0 aliphatic carbocycles. The van der Waals surface area contributed by atoms with Crippen LogP contribution in [0, 0.1) is 5.92 Å². The van der Waals surface area contributed by atoms with Crippen LogP contribution in [0.4, 0.5) is 4.79 Å². The largest absolute Gasteiger partial charge is 0.391 e. The number of urea groups is 1. The Morgan fingerprint density at radius 3 is 2.84 bits per heavy atom. The summed E-state index contributed by atoms with van der Waals surface area (Å²) in [5.74, 6) is 0.142. The lowest BCUT2D eigenvalue weighted by Crippen LogP contribution is -2.47. The van der Waals surface area contributed by atoms with Gasteiger partial charge in [0.15, 0.2) is 0 Å². The Morgan fingerprint density at radius 1 is 1.32 bits per heavy atom. The van der Waals surface area contributed by atoms with Gasteiger partial charge in [-0.25, -0.2) is 4.79 Å². The molecule has 0 spiro atoms. The van der Waals surface area contributed by atoms with E-state index in [0.29, 0.717) is 19.6 Å². The number of benzene rings is 1. The lowest BCUT2D eigenvalue weighted by Gasteiger charge is -2.28. The molecule has 1 heterocycles. The molecule has 2 amide bonds. The van der Waals surface area contributed by atoms with E-state index in [1.165, 1.54) is 0 Å². The highest BCUT2D eigenvalue weighted by molar-refractivity contribution is 5.73. The number of piperidine rings is 1. The van der Waals surface area contributed by atoms with Gasteiger partial charge in [-0.2, -0.15) is 0 Å². The van der Waals surface area contributed by atoms with E-state index in [-0.39, 0.29) is 18.1 Å². The van der Waals surface area contributed by atoms with Crippen LogP contribution in [0.2, 0.25) is 0 Å². The van der Waals surface area contributed by atoms with Gasteiger partial charge in [-0.1, -0.05) is 30.3 Å². The summed E-state index contributed by atoms with van der Waals surface area (Å²) in [6.45, 7) is 2.54. The molecular weight excluding hydrogens is 242 g/mol. The highest BCUT2D eigenvalue weighted by atomic mass is 16.3. The predicted octanol–water partition coefficient (Wildman–Crippen LogP) is 0.456. The van der Waals surface area contributed by atoms with Gasteiger partial charge in [-0.3, -0.25) is 0 Å². The third-order valence-electron chi connectivity index (χ3n) is 3.41. The van der Waals surface area contributed by atoms with Crippen LogP contribution in [0.25, 0.3) is 0 Å². The Kier molecular flexibility index (Phi) is 5.18. The molecule has 2 rings (SSSR count). The van der Waals surface area contributed by atoms with E-state index in [9.17, 15) is 9.90 Å². The molecule has 19 heavy (non-hydrogen) atoms. The Bertz CT molecular complexity index is 397. The van der Waals surface area contributed by atoms with Crippen LogP contribution in [-0.4, -0.2) is 36.9 Å². The molecule has 1 aromatic rings. The molecule has 1 aliphatic heterocycles. The summed E-state index contributed by atoms with van der Waals surface area (Å²) in [4.78, 5) is 11.6. The van der Waals surface area contributed by atoms with Gasteiger partial charge in [0.1, 0.15) is 0 Å². The van der Waals surface area contributed by atoms with Crippen LogP contribution < -0.4 is 16.0 Å². The molecule has 1 aromatic carbocycles. The maximum atomic E-state index is 11.6. The Balaban J connectivity index is 1.67. The van der Waals surface area contributed by atoms with Crippen LogP contribution in [-0.2, 0) is 6.54 Å². The average molecular weight is 263 g/mol. The second-order valence-corrected chi connectivity index (χ2v) is 4.87. The van der Waals surface area contributed by atoms with Crippen molar-refractivity contribution in [2.75, 3.05) is 19.6 Å². The zero-order valence-corrected chi connectivity index (χ0v) is 10.9. The molecule has 1 aliphatic rings. The smallest absolute Gasteiger partial charge is 0.315 e. The predicted molar refractivity (Wildman–Crippen MR) is 73.7 cm³/mol. The molecular formula is C14H21N3O2. The number of nitrogens with one attached hydrogen (secondary N) is 3. The number of β-amino-alcohol motifs (C(OH)–C–C–N with tert-alkyl or cyclic N) is 1. The molecule has 0 radical (unpaired) electrons. The zero-order chi connectivity index (χ0) is 13.5. The molecule has 5 nitrogen and oxygen atoms in total. The highest BCUT2D eigenvalue weighted by Gasteiger charge is 2.22. The number of rotatable bonds is 4. The average Bonchev–Trinajstić information content (AvgIpc) is 2.45. The quantitative estimate of drug-likeness (QED) is 0.637. The van der Waals surface area contributed by atoms with E-state index in [4.69, 9.17) is 0 Å². The van der Waals surface area contributed by atoms with Gasteiger partial charge in [0.05, 0.1) is 6.10 Å². The molecule has 0 bridgehead atoms. The Labute approximate surface area is 113 Å². The van der Waals surface area contributed by atoms with Crippen molar-refractivity contribution in [2.45, 2.75) is 19.1 Å². The summed E-state index contributed by atoms with van der Waals surface area (Å²) in [7, 11) is 0. The number of amides is 2. The van der Waals surface area contributed by atoms with Gasteiger partial charge < -0.3 is 21.1 Å². The first kappa shape index (κ1) is 13.8. The van der Waals surface area contributed by atoms with Crippen molar-refractivity contribution in [2.24, 2.45) is 5.92 Å². The molecule has 5 heteroatoms. The molecule has 104 valence electrons. The third-order valence-corrected chi connectivity index (χ3v) is 3.41. The maximum Gasteiger partial charge on any atom is 0.315 e. The van der Waals surface area contributed by atoms with Gasteiger partial charge in [0, 0.05) is 25.6 Å². The third kappa shape index (κ3) is 4.54. The SMILES string of the molecule is O=C(NCc1ccccc1)NC[C@@H]1CCNC[C@H]1O. The Morgan fingerprint density at radius 2 is 2.11 bits per heavy atom. The van der Waals surface area contributed by atoms with E-state index >= 15 is 0 Å². The lowest BCUT2D eigenvalue weighted by atomic mass is 9.95. The first-order chi connectivity index (χ1) is 9.25. The molecule has 1 saturated heterocycles. The fourth-order valence-corrected chi connectivity index (χ4v) is 2.20. The lowest BCUT2D eigenvalue weighted by molar-refractivity contribution is 0.0827. The van der Waals surface area contributed by atoms with E-state index in [1.807, 2.05) is 30.3 Å². The van der Waals surface area contributed by atoms with E-state index in [0.717, 1.165) is 18.5 Å². The second kappa shape index (κ2) is 7.11. The molecule has 0 saturated carbocycles. The van der Waals surface area contributed by atoms with Crippen molar-refractivity contribution in [1.29, 1.82) is 0 Å². The van der Waals surface area contributed by atoms with Crippen molar-refractivity contribution in [3.8, 4) is 0 Å². The van der Waals surface area contributed by atoms with Crippen LogP contribution >= 0.6 is 0 Å². The van der Waals surface area contributed by atoms with E-state index in [1.54, 1.807) is 0 Å². The van der Waals surface area contributed by atoms with Crippen LogP contribution in [0.3, 0.4) is 0 Å². The zero-order valence-electron chi connectivity index (χ0n) is 10.9. The van der Waals surface area contributed by atoms with Gasteiger partial charge >= 0.3 is 6.03 Å². The van der Waals surface area contributed by atoms with Crippen molar-refractivity contribution < 1.29 is 9.90 Å². The van der Waals surface area contributed by atoms with Gasteiger partial charge in [0.2, 0.25) is 0 Å². The van der Waals surface area contributed by atoms with Gasteiger partial charge in [-0.05, 0) is 18.5 Å². The molecule has 0 unspecified atom stereocenters. The number of hydrogen-bond acceptors (Lipinski definition) is 3. The second-order valence-electron chi connectivity index (χ2n) is 4.87. The maximum absolute atomic E-state index is 11.6. The first-order valence-electron chi connectivity index (χ1n) is 6.70. The summed E-state index contributed by atoms with van der Waals surface area (Å²) in [5.41, 5.74) is 1.07. The number of hydrogen-bond donors (Lipinski definition) is 4. The van der Waals surface area contributed by atoms with Crippen molar-refractivity contribution in [1.82, 2.24) is 16.0 Å². The molecule has 4 N–H and O–H groups in total. The van der Waals surface area contributed by atoms with Crippen LogP contribution in [0.1, 0.15) is 12.0 Å². The highest BCUT2D eigenvalue weighted by Crippen LogP contribution is 2.10. The van der Waals surface area contributed by atoms with Gasteiger partial charge in [0.25, 0.3) is 0 Å². The van der Waals surface area contributed by atoms with Crippen LogP contribution in [0.15, 0.2) is 30.3 Å². The molecule has 0 aromatic heterocycles. The summed E-state index contributed by atoms with van der Waals surface area (Å²) < 4.78 is 0. The molecule has 1 fully saturated rings. The number of carbonyl (C=O) groups excluding carboxylic acids is 1. The van der Waals surface area contributed by atoms with E-state index in [2.05, 4.69) is 16.0 Å². The summed E-state index contributed by atoms with van der Waals surface area (Å²) >= 11 is 0. The first-order valence-corrected chi connectivity index (χ1v) is 6.70. The number of aliphatic hydroxyl groups excluding tert-OH is 1. The summed E-state index contributed by atoms with van der Waals surface area (Å²) in [5, 5.41) is 18.5. The topological polar surface area (TPSA) is 73.4 Å². The minimum atomic E-state index is -0.372. The number of carbonyl (C=O) groups is 1. The normalized spacial score (nSPS) is 22.8. The van der Waals surface area contributed by atoms with Crippen molar-refractivity contribution >= 4 is 6.03 Å². The fourth-order valence-electron chi connectivity index (χ4n) is 2.20. The summed E-state index contributed by atoms with van der Waals surface area (Å²) in [6.07, 6.45) is 0.517. The standard InChI is InChI=1S/C14H21N3O2/c18-13-10-15-7-6-12(13)9-17-14(19)16-8-11-4-2-1-3-5-11/h1-5,12-13,15,18H,6-10H2,(H2,16,17,19)/t12-,13+/m0/s1. The summed E-state index contributed by atoms with van der Waals surface area (Å²) in [6, 6.07) is 9.59.